The first-order chi connectivity index (χ1) is 26.8. The third-order valence-electron chi connectivity index (χ3n) is 10.9. The number of rotatable bonds is 11. The van der Waals surface area contributed by atoms with Crippen LogP contribution in [0.4, 0.5) is 16.2 Å². The molecule has 4 aliphatic rings. The van der Waals surface area contributed by atoms with Gasteiger partial charge in [0.25, 0.3) is 11.8 Å². The minimum absolute atomic E-state index is 0.0147. The van der Waals surface area contributed by atoms with Crippen LogP contribution in [0.5, 0.6) is 5.75 Å². The predicted octanol–water partition coefficient (Wildman–Crippen LogP) is 5.81. The second-order valence-electron chi connectivity index (χ2n) is 16.1. The Bertz CT molecular complexity index is 1980. The molecule has 3 heterocycles. The van der Waals surface area contributed by atoms with Gasteiger partial charge < -0.3 is 38.9 Å². The molecule has 3 fully saturated rings. The summed E-state index contributed by atoms with van der Waals surface area (Å²) in [6, 6.07) is 20.9. The summed E-state index contributed by atoms with van der Waals surface area (Å²) in [5, 5.41) is 9.20. The lowest BCUT2D eigenvalue weighted by Crippen LogP contribution is -2.53. The van der Waals surface area contributed by atoms with Crippen LogP contribution in [0.1, 0.15) is 68.3 Å². The molecule has 13 heteroatoms. The van der Waals surface area contributed by atoms with Gasteiger partial charge in [-0.2, -0.15) is 0 Å². The number of anilines is 2. The van der Waals surface area contributed by atoms with Gasteiger partial charge in [-0.1, -0.05) is 36.4 Å². The first-order valence-corrected chi connectivity index (χ1v) is 19.4. The molecule has 3 aliphatic heterocycles. The van der Waals surface area contributed by atoms with Gasteiger partial charge >= 0.3 is 12.1 Å². The highest BCUT2D eigenvalue weighted by Crippen LogP contribution is 2.43. The third kappa shape index (κ3) is 8.37. The van der Waals surface area contributed by atoms with Gasteiger partial charge in [0.05, 0.1) is 17.5 Å². The molecule has 0 spiro atoms. The Hall–Kier alpha value is -5.43. The molecule has 0 radical (unpaired) electrons. The van der Waals surface area contributed by atoms with Gasteiger partial charge in [-0.15, -0.1) is 0 Å². The summed E-state index contributed by atoms with van der Waals surface area (Å²) < 4.78 is 16.8. The number of carboxylic acids is 1. The van der Waals surface area contributed by atoms with Crippen molar-refractivity contribution in [2.45, 2.75) is 64.0 Å². The maximum Gasteiger partial charge on any atom is 0.410 e. The fourth-order valence-corrected chi connectivity index (χ4v) is 7.81. The molecule has 1 aliphatic carbocycles. The normalized spacial score (nSPS) is 19.8. The van der Waals surface area contributed by atoms with Crippen LogP contribution in [0, 0.1) is 11.8 Å². The van der Waals surface area contributed by atoms with Crippen molar-refractivity contribution in [3.63, 3.8) is 0 Å². The van der Waals surface area contributed by atoms with Crippen molar-refractivity contribution in [3.8, 4) is 16.9 Å². The first-order valence-electron chi connectivity index (χ1n) is 19.4. The number of hydrogen-bond acceptors (Lipinski definition) is 8. The van der Waals surface area contributed by atoms with E-state index < -0.39 is 29.5 Å². The second kappa shape index (κ2) is 16.0. The van der Waals surface area contributed by atoms with Crippen LogP contribution in [0.2, 0.25) is 0 Å². The number of fused-ring (bicyclic) bond motifs is 1. The molecule has 0 bridgehead atoms. The van der Waals surface area contributed by atoms with Crippen LogP contribution in [0.15, 0.2) is 66.7 Å². The van der Waals surface area contributed by atoms with E-state index in [0.717, 1.165) is 29.5 Å². The molecule has 1 unspecified atom stereocenters. The Morgan fingerprint density at radius 3 is 2.34 bits per heavy atom. The fraction of sp³-hybridized carbons (Fsp3) is 0.465. The van der Waals surface area contributed by atoms with E-state index in [4.69, 9.17) is 14.2 Å². The Morgan fingerprint density at radius 1 is 0.911 bits per heavy atom. The Balaban J connectivity index is 1.17. The Labute approximate surface area is 327 Å². The summed E-state index contributed by atoms with van der Waals surface area (Å²) >= 11 is 0. The van der Waals surface area contributed by atoms with E-state index in [2.05, 4.69) is 6.07 Å². The van der Waals surface area contributed by atoms with Crippen molar-refractivity contribution in [1.29, 1.82) is 0 Å². The lowest BCUT2D eigenvalue weighted by molar-refractivity contribution is -0.146. The number of likely N-dealkylation sites (tertiary alicyclic amines) is 2. The molecule has 296 valence electrons. The van der Waals surface area contributed by atoms with E-state index in [1.54, 1.807) is 29.0 Å². The highest BCUT2D eigenvalue weighted by atomic mass is 16.6. The SMILES string of the molecule is COCCCN1C(=O)COc2ccc(N(C(=O)C3CN(C(=O)OC(C)(C)C)CC[C@@H]3c3cccc(-c4ccc(C(=O)N5CC(C(=O)O)C5)cc4)c3)C3CC3)cc21. The molecule has 2 atom stereocenters. The van der Waals surface area contributed by atoms with E-state index >= 15 is 4.79 Å². The summed E-state index contributed by atoms with van der Waals surface area (Å²) in [7, 11) is 1.63. The Morgan fingerprint density at radius 2 is 1.66 bits per heavy atom. The zero-order valence-electron chi connectivity index (χ0n) is 32.4. The average Bonchev–Trinajstić information content (AvgIpc) is 3.99. The predicted molar refractivity (Wildman–Crippen MR) is 209 cm³/mol. The standard InChI is InChI=1S/C43H50N4O9/c1-43(2,3)56-42(53)44-19-17-34(30-8-5-7-29(21-30)27-9-11-28(12-10-27)39(49)45-23-31(24-45)41(51)52)35(25-44)40(50)47(32-13-14-32)33-15-16-37-36(22-33)46(18-6-20-54-4)38(48)26-55-37/h5,7-12,15-16,21-22,31-32,34-35H,6,13-14,17-20,23-26H2,1-4H3,(H,51,52)/t34-,35?/m1/s1. The maximum atomic E-state index is 15.1. The van der Waals surface area contributed by atoms with E-state index in [-0.39, 0.29) is 55.9 Å². The largest absolute Gasteiger partial charge is 0.482 e. The van der Waals surface area contributed by atoms with Gasteiger partial charge in [0.15, 0.2) is 6.61 Å². The summed E-state index contributed by atoms with van der Waals surface area (Å²) in [5.74, 6) is -2.08. The molecule has 13 nitrogen and oxygen atoms in total. The first kappa shape index (κ1) is 38.8. The zero-order valence-corrected chi connectivity index (χ0v) is 32.4. The molecular weight excluding hydrogens is 716 g/mol. The van der Waals surface area contributed by atoms with Crippen molar-refractivity contribution < 1.29 is 43.3 Å². The molecule has 1 saturated carbocycles. The number of benzene rings is 3. The second-order valence-corrected chi connectivity index (χ2v) is 16.1. The minimum Gasteiger partial charge on any atom is -0.482 e. The van der Waals surface area contributed by atoms with Gasteiger partial charge in [0.1, 0.15) is 11.4 Å². The van der Waals surface area contributed by atoms with E-state index in [1.165, 1.54) is 4.90 Å². The minimum atomic E-state index is -0.892. The number of piperidine rings is 1. The number of carboxylic acid groups (broad SMARTS) is 1. The van der Waals surface area contributed by atoms with Crippen LogP contribution >= 0.6 is 0 Å². The van der Waals surface area contributed by atoms with Crippen molar-refractivity contribution in [3.05, 3.63) is 77.9 Å². The molecule has 1 N–H and O–H groups in total. The monoisotopic (exact) mass is 766 g/mol. The molecular formula is C43H50N4O9. The van der Waals surface area contributed by atoms with E-state index in [0.29, 0.717) is 55.2 Å². The van der Waals surface area contributed by atoms with Gasteiger partial charge in [-0.25, -0.2) is 4.79 Å². The molecule has 3 aromatic rings. The van der Waals surface area contributed by atoms with Crippen LogP contribution in [-0.4, -0.2) is 109 Å². The summed E-state index contributed by atoms with van der Waals surface area (Å²) in [5.41, 5.74) is 3.88. The summed E-state index contributed by atoms with van der Waals surface area (Å²) in [4.78, 5) is 72.4. The molecule has 3 aromatic carbocycles. The highest BCUT2D eigenvalue weighted by molar-refractivity contribution is 6.01. The zero-order chi connectivity index (χ0) is 39.7. The van der Waals surface area contributed by atoms with Gasteiger partial charge in [-0.05, 0) is 99.4 Å². The molecule has 4 amide bonds. The molecule has 7 rings (SSSR count). The summed E-state index contributed by atoms with van der Waals surface area (Å²) in [6.45, 7) is 7.39. The molecule has 0 aromatic heterocycles. The number of aliphatic carboxylic acids is 1. The van der Waals surface area contributed by atoms with Crippen molar-refractivity contribution >= 4 is 41.2 Å². The van der Waals surface area contributed by atoms with E-state index in [9.17, 15) is 24.3 Å². The highest BCUT2D eigenvalue weighted by Gasteiger charge is 2.44. The van der Waals surface area contributed by atoms with E-state index in [1.807, 2.05) is 74.2 Å². The van der Waals surface area contributed by atoms with Crippen molar-refractivity contribution in [2.24, 2.45) is 11.8 Å². The number of carbonyl (C=O) groups is 5. The van der Waals surface area contributed by atoms with Gasteiger partial charge in [0.2, 0.25) is 5.91 Å². The van der Waals surface area contributed by atoms with Gasteiger partial charge in [0, 0.05) is 63.7 Å². The number of amides is 4. The summed E-state index contributed by atoms with van der Waals surface area (Å²) in [6.07, 6.45) is 2.42. The Kier molecular flexibility index (Phi) is 11.1. The average molecular weight is 767 g/mol. The fourth-order valence-electron chi connectivity index (χ4n) is 7.81. The smallest absolute Gasteiger partial charge is 0.410 e. The van der Waals surface area contributed by atoms with Crippen LogP contribution < -0.4 is 14.5 Å². The molecule has 2 saturated heterocycles. The van der Waals surface area contributed by atoms with Gasteiger partial charge in [-0.3, -0.25) is 19.2 Å². The lowest BCUT2D eigenvalue weighted by Gasteiger charge is -2.41. The number of ether oxygens (including phenoxy) is 3. The van der Waals surface area contributed by atoms with Crippen molar-refractivity contribution in [1.82, 2.24) is 9.80 Å². The lowest BCUT2D eigenvalue weighted by atomic mass is 9.78. The maximum absolute atomic E-state index is 15.1. The number of carbonyl (C=O) groups excluding carboxylic acids is 4. The number of methoxy groups -OCH3 is 1. The topological polar surface area (TPSA) is 146 Å². The molecule has 56 heavy (non-hydrogen) atoms. The quantitative estimate of drug-likeness (QED) is 0.239. The number of nitrogens with zero attached hydrogens (tertiary/aromatic N) is 4. The van der Waals surface area contributed by atoms with Crippen LogP contribution in [-0.2, 0) is 23.9 Å². The number of hydrogen-bond donors (Lipinski definition) is 1. The van der Waals surface area contributed by atoms with Crippen LogP contribution in [0.25, 0.3) is 11.1 Å². The van der Waals surface area contributed by atoms with Crippen molar-refractivity contribution in [2.75, 3.05) is 62.8 Å². The van der Waals surface area contributed by atoms with Crippen LogP contribution in [0.3, 0.4) is 0 Å². The third-order valence-corrected chi connectivity index (χ3v) is 10.9.